The van der Waals surface area contributed by atoms with E-state index in [0.29, 0.717) is 0 Å². The topological polar surface area (TPSA) is 51.8 Å². The number of benzene rings is 6. The Morgan fingerprint density at radius 2 is 1.02 bits per heavy atom. The molecule has 0 aliphatic heterocycles. The maximum Gasteiger partial charge on any atom is 0.136 e. The molecule has 10 rings (SSSR count). The molecule has 0 spiro atoms. The second kappa shape index (κ2) is 10.1. The molecule has 0 amide bonds. The average Bonchev–Trinajstić information content (AvgIpc) is 3.53. The summed E-state index contributed by atoms with van der Waals surface area (Å²) in [7, 11) is 0. The Balaban J connectivity index is 1.25. The molecule has 0 unspecified atom stereocenters. The van der Waals surface area contributed by atoms with Crippen molar-refractivity contribution in [3.05, 3.63) is 152 Å². The quantitative estimate of drug-likeness (QED) is 0.190. The van der Waals surface area contributed by atoms with E-state index in [9.17, 15) is 0 Å². The maximum absolute atomic E-state index is 6.36. The van der Waals surface area contributed by atoms with Gasteiger partial charge in [-0.1, -0.05) is 109 Å². The first kappa shape index (κ1) is 25.9. The molecule has 0 saturated heterocycles. The van der Waals surface area contributed by atoms with Crippen molar-refractivity contribution in [1.29, 1.82) is 0 Å². The summed E-state index contributed by atoms with van der Waals surface area (Å²) in [5, 5.41) is 7.63. The van der Waals surface area contributed by atoms with E-state index < -0.39 is 0 Å². The minimum Gasteiger partial charge on any atom is -0.456 e. The van der Waals surface area contributed by atoms with Gasteiger partial charge in [0.1, 0.15) is 11.2 Å². The number of hydrogen-bond acceptors (Lipinski definition) is 4. The van der Waals surface area contributed by atoms with E-state index in [0.717, 1.165) is 99.2 Å². The first-order chi connectivity index (χ1) is 23.3. The Labute approximate surface area is 269 Å². The molecule has 0 atom stereocenters. The molecule has 6 aromatic carbocycles. The monoisotopic (exact) mass is 599 g/mol. The lowest BCUT2D eigenvalue weighted by Crippen LogP contribution is -1.93. The molecule has 0 aliphatic carbocycles. The third kappa shape index (κ3) is 4.05. The van der Waals surface area contributed by atoms with Crippen molar-refractivity contribution >= 4 is 65.4 Å². The van der Waals surface area contributed by atoms with Gasteiger partial charge in [0.25, 0.3) is 0 Å². The van der Waals surface area contributed by atoms with Crippen LogP contribution in [0, 0.1) is 0 Å². The molecule has 0 fully saturated rings. The van der Waals surface area contributed by atoms with E-state index in [2.05, 4.69) is 115 Å². The molecule has 0 N–H and O–H groups in total. The summed E-state index contributed by atoms with van der Waals surface area (Å²) in [6.45, 7) is 0. The molecule has 4 heteroatoms. The number of aromatic nitrogens is 3. The largest absolute Gasteiger partial charge is 0.456 e. The van der Waals surface area contributed by atoms with Crippen molar-refractivity contribution in [2.75, 3.05) is 0 Å². The van der Waals surface area contributed by atoms with Gasteiger partial charge >= 0.3 is 0 Å². The highest BCUT2D eigenvalue weighted by Crippen LogP contribution is 2.42. The van der Waals surface area contributed by atoms with E-state index in [-0.39, 0.29) is 0 Å². The summed E-state index contributed by atoms with van der Waals surface area (Å²) < 4.78 is 6.36. The number of furan rings is 1. The van der Waals surface area contributed by atoms with Gasteiger partial charge in [-0.25, -0.2) is 15.0 Å². The minimum absolute atomic E-state index is 0.867. The zero-order valence-corrected chi connectivity index (χ0v) is 25.2. The second-order valence-electron chi connectivity index (χ2n) is 12.0. The van der Waals surface area contributed by atoms with Crippen molar-refractivity contribution in [2.45, 2.75) is 0 Å². The number of hydrogen-bond donors (Lipinski definition) is 0. The molecule has 0 aliphatic rings. The van der Waals surface area contributed by atoms with Crippen LogP contribution in [0.4, 0.5) is 0 Å². The number of rotatable bonds is 3. The highest BCUT2D eigenvalue weighted by atomic mass is 16.3. The molecular weight excluding hydrogens is 574 g/mol. The van der Waals surface area contributed by atoms with Crippen molar-refractivity contribution in [3.63, 3.8) is 0 Å². The van der Waals surface area contributed by atoms with Crippen molar-refractivity contribution in [3.8, 4) is 33.8 Å². The van der Waals surface area contributed by atoms with Crippen LogP contribution >= 0.6 is 0 Å². The standard InChI is InChI=1S/C43H25N3O/c1-3-9-26(10-4-1)34-21-17-28-15-16-29-18-22-35(45-43(29)42(28)44-34)30-19-23-36-33(25-30)39-32(41(46-36)27-11-5-2-6-12-27)20-24-38-40(39)31-13-7-8-14-37(31)47-38/h1-25H. The Hall–Kier alpha value is -6.39. The summed E-state index contributed by atoms with van der Waals surface area (Å²) in [6.07, 6.45) is 0. The van der Waals surface area contributed by atoms with Gasteiger partial charge in [-0.2, -0.15) is 0 Å². The third-order valence-electron chi connectivity index (χ3n) is 9.23. The fourth-order valence-electron chi connectivity index (χ4n) is 6.98. The molecule has 4 heterocycles. The minimum atomic E-state index is 0.867. The number of fused-ring (bicyclic) bond motifs is 10. The first-order valence-electron chi connectivity index (χ1n) is 15.8. The van der Waals surface area contributed by atoms with Gasteiger partial charge < -0.3 is 4.42 Å². The third-order valence-corrected chi connectivity index (χ3v) is 9.23. The fraction of sp³-hybridized carbons (Fsp3) is 0. The lowest BCUT2D eigenvalue weighted by atomic mass is 9.95. The lowest BCUT2D eigenvalue weighted by Gasteiger charge is -2.13. The van der Waals surface area contributed by atoms with Gasteiger partial charge in [0.2, 0.25) is 0 Å². The highest BCUT2D eigenvalue weighted by molar-refractivity contribution is 6.28. The molecule has 4 aromatic heterocycles. The van der Waals surface area contributed by atoms with E-state index in [1.807, 2.05) is 36.4 Å². The zero-order valence-electron chi connectivity index (χ0n) is 25.2. The maximum atomic E-state index is 6.36. The zero-order chi connectivity index (χ0) is 30.9. The van der Waals surface area contributed by atoms with Crippen molar-refractivity contribution in [2.24, 2.45) is 0 Å². The second-order valence-corrected chi connectivity index (χ2v) is 12.0. The first-order valence-corrected chi connectivity index (χ1v) is 15.8. The fourth-order valence-corrected chi connectivity index (χ4v) is 6.98. The van der Waals surface area contributed by atoms with Crippen LogP contribution in [0.2, 0.25) is 0 Å². The normalized spacial score (nSPS) is 11.8. The summed E-state index contributed by atoms with van der Waals surface area (Å²) in [4.78, 5) is 15.6. The van der Waals surface area contributed by atoms with E-state index in [1.54, 1.807) is 0 Å². The van der Waals surface area contributed by atoms with Gasteiger partial charge in [0.15, 0.2) is 0 Å². The molecular formula is C43H25N3O. The summed E-state index contributed by atoms with van der Waals surface area (Å²) in [6, 6.07) is 52.4. The van der Waals surface area contributed by atoms with Crippen molar-refractivity contribution < 1.29 is 4.42 Å². The molecule has 47 heavy (non-hydrogen) atoms. The number of nitrogens with zero attached hydrogens (tertiary/aromatic N) is 3. The SMILES string of the molecule is c1ccc(-c2ccc3ccc4ccc(-c5ccc6nc(-c7ccccc7)c7ccc8oc9ccccc9c8c7c6c5)nc4c3n2)cc1. The van der Waals surface area contributed by atoms with E-state index in [1.165, 1.54) is 0 Å². The predicted molar refractivity (Wildman–Crippen MR) is 193 cm³/mol. The summed E-state index contributed by atoms with van der Waals surface area (Å²) in [5.74, 6) is 0. The van der Waals surface area contributed by atoms with Crippen LogP contribution in [0.1, 0.15) is 0 Å². The van der Waals surface area contributed by atoms with E-state index >= 15 is 0 Å². The van der Waals surface area contributed by atoms with Crippen LogP contribution in [0.15, 0.2) is 156 Å². The summed E-state index contributed by atoms with van der Waals surface area (Å²) >= 11 is 0. The highest BCUT2D eigenvalue weighted by Gasteiger charge is 2.18. The summed E-state index contributed by atoms with van der Waals surface area (Å²) in [5.41, 5.74) is 10.5. The molecule has 10 aromatic rings. The predicted octanol–water partition coefficient (Wildman–Crippen LogP) is 11.4. The molecule has 0 radical (unpaired) electrons. The van der Waals surface area contributed by atoms with Crippen LogP contribution in [0.25, 0.3) is 99.2 Å². The molecule has 218 valence electrons. The van der Waals surface area contributed by atoms with Crippen LogP contribution < -0.4 is 0 Å². The Bertz CT molecular complexity index is 2840. The molecule has 4 nitrogen and oxygen atoms in total. The lowest BCUT2D eigenvalue weighted by molar-refractivity contribution is 0.669. The molecule has 0 saturated carbocycles. The van der Waals surface area contributed by atoms with Gasteiger partial charge in [0, 0.05) is 54.4 Å². The number of pyridine rings is 3. The van der Waals surface area contributed by atoms with Crippen LogP contribution in [0.3, 0.4) is 0 Å². The van der Waals surface area contributed by atoms with Crippen LogP contribution in [-0.2, 0) is 0 Å². The van der Waals surface area contributed by atoms with Crippen molar-refractivity contribution in [1.82, 2.24) is 15.0 Å². The smallest absolute Gasteiger partial charge is 0.136 e. The Kier molecular flexibility index (Phi) is 5.54. The van der Waals surface area contributed by atoms with Gasteiger partial charge in [-0.3, -0.25) is 0 Å². The van der Waals surface area contributed by atoms with Gasteiger partial charge in [0.05, 0.1) is 33.6 Å². The van der Waals surface area contributed by atoms with Gasteiger partial charge in [-0.05, 0) is 42.5 Å². The van der Waals surface area contributed by atoms with Crippen LogP contribution in [0.5, 0.6) is 0 Å². The Morgan fingerprint density at radius 3 is 1.77 bits per heavy atom. The van der Waals surface area contributed by atoms with Gasteiger partial charge in [-0.15, -0.1) is 0 Å². The number of para-hydroxylation sites is 1. The average molecular weight is 600 g/mol. The Morgan fingerprint density at radius 1 is 0.383 bits per heavy atom. The molecule has 0 bridgehead atoms. The van der Waals surface area contributed by atoms with Crippen LogP contribution in [-0.4, -0.2) is 15.0 Å². The van der Waals surface area contributed by atoms with E-state index in [4.69, 9.17) is 19.4 Å².